The minimum atomic E-state index is -0.0130. The molecule has 1 aromatic heterocycles. The molecule has 16 heavy (non-hydrogen) atoms. The second kappa shape index (κ2) is 5.20. The van der Waals surface area contributed by atoms with E-state index in [4.69, 9.17) is 15.3 Å². The highest BCUT2D eigenvalue weighted by Gasteiger charge is 2.27. The van der Waals surface area contributed by atoms with Crippen molar-refractivity contribution in [2.45, 2.75) is 12.5 Å². The molecule has 1 fully saturated rings. The number of hydrogen-bond acceptors (Lipinski definition) is 6. The summed E-state index contributed by atoms with van der Waals surface area (Å²) >= 11 is 0. The maximum atomic E-state index is 5.55. The molecule has 2 heterocycles. The van der Waals surface area contributed by atoms with Crippen LogP contribution in [0.4, 0.5) is 0 Å². The van der Waals surface area contributed by atoms with Gasteiger partial charge in [-0.3, -0.25) is 11.3 Å². The molecule has 0 spiro atoms. The molecule has 2 unspecified atom stereocenters. The molecular formula is C10H16N4O2. The molecule has 3 N–H and O–H groups in total. The molecule has 1 aliphatic heterocycles. The third kappa shape index (κ3) is 2.29. The number of nitrogens with one attached hydrogen (secondary N) is 1. The van der Waals surface area contributed by atoms with Gasteiger partial charge in [0.05, 0.1) is 25.5 Å². The second-order valence-corrected chi connectivity index (χ2v) is 3.77. The van der Waals surface area contributed by atoms with Crippen LogP contribution in [0.25, 0.3) is 0 Å². The molecule has 0 saturated carbocycles. The van der Waals surface area contributed by atoms with E-state index in [2.05, 4.69) is 15.6 Å². The fraction of sp³-hybridized carbons (Fsp3) is 0.600. The van der Waals surface area contributed by atoms with Gasteiger partial charge in [0.1, 0.15) is 0 Å². The maximum Gasteiger partial charge on any atom is 0.233 e. The van der Waals surface area contributed by atoms with Gasteiger partial charge in [-0.05, 0) is 12.5 Å². The second-order valence-electron chi connectivity index (χ2n) is 3.77. The van der Waals surface area contributed by atoms with Gasteiger partial charge in [-0.25, -0.2) is 0 Å². The summed E-state index contributed by atoms with van der Waals surface area (Å²) in [5.74, 6) is 6.41. The van der Waals surface area contributed by atoms with Crippen LogP contribution in [-0.2, 0) is 4.74 Å². The normalized spacial score (nSPS) is 22.0. The molecule has 0 radical (unpaired) electrons. The van der Waals surface area contributed by atoms with E-state index < -0.39 is 0 Å². The first-order valence-electron chi connectivity index (χ1n) is 5.26. The third-order valence-electron chi connectivity index (χ3n) is 2.80. The first kappa shape index (κ1) is 11.3. The molecule has 2 atom stereocenters. The average Bonchev–Trinajstić information content (AvgIpc) is 2.85. The Hall–Kier alpha value is -1.24. The lowest BCUT2D eigenvalue weighted by Gasteiger charge is -2.20. The Morgan fingerprint density at radius 1 is 1.56 bits per heavy atom. The van der Waals surface area contributed by atoms with E-state index in [0.29, 0.717) is 18.4 Å². The SMILES string of the molecule is COc1ccc(C(NN)C2CCOC2)nn1. The van der Waals surface area contributed by atoms with Crippen molar-refractivity contribution in [1.29, 1.82) is 0 Å². The van der Waals surface area contributed by atoms with Crippen LogP contribution in [0, 0.1) is 5.92 Å². The third-order valence-corrected chi connectivity index (χ3v) is 2.80. The molecular weight excluding hydrogens is 208 g/mol. The van der Waals surface area contributed by atoms with Crippen LogP contribution in [-0.4, -0.2) is 30.5 Å². The van der Waals surface area contributed by atoms with Gasteiger partial charge in [-0.15, -0.1) is 5.10 Å². The van der Waals surface area contributed by atoms with Gasteiger partial charge in [0.25, 0.3) is 0 Å². The van der Waals surface area contributed by atoms with Crippen LogP contribution in [0.3, 0.4) is 0 Å². The van der Waals surface area contributed by atoms with Crippen molar-refractivity contribution in [2.24, 2.45) is 11.8 Å². The van der Waals surface area contributed by atoms with Gasteiger partial charge < -0.3 is 9.47 Å². The predicted molar refractivity (Wildman–Crippen MR) is 57.6 cm³/mol. The van der Waals surface area contributed by atoms with Gasteiger partial charge in [0, 0.05) is 18.6 Å². The van der Waals surface area contributed by atoms with Crippen molar-refractivity contribution in [3.05, 3.63) is 17.8 Å². The number of rotatable bonds is 4. The number of nitrogens with two attached hydrogens (primary N) is 1. The smallest absolute Gasteiger partial charge is 0.233 e. The minimum Gasteiger partial charge on any atom is -0.480 e. The Kier molecular flexibility index (Phi) is 3.66. The van der Waals surface area contributed by atoms with E-state index in [1.54, 1.807) is 13.2 Å². The van der Waals surface area contributed by atoms with E-state index in [1.165, 1.54) is 0 Å². The number of aromatic nitrogens is 2. The molecule has 1 saturated heterocycles. The molecule has 0 aliphatic carbocycles. The zero-order valence-electron chi connectivity index (χ0n) is 9.22. The largest absolute Gasteiger partial charge is 0.480 e. The van der Waals surface area contributed by atoms with Crippen molar-refractivity contribution >= 4 is 0 Å². The summed E-state index contributed by atoms with van der Waals surface area (Å²) < 4.78 is 10.3. The summed E-state index contributed by atoms with van der Waals surface area (Å²) in [4.78, 5) is 0. The molecule has 0 amide bonds. The maximum absolute atomic E-state index is 5.55. The lowest BCUT2D eigenvalue weighted by molar-refractivity contribution is 0.176. The fourth-order valence-electron chi connectivity index (χ4n) is 1.88. The van der Waals surface area contributed by atoms with Crippen LogP contribution >= 0.6 is 0 Å². The van der Waals surface area contributed by atoms with Gasteiger partial charge in [0.2, 0.25) is 5.88 Å². The summed E-state index contributed by atoms with van der Waals surface area (Å²) in [6.45, 7) is 1.50. The Morgan fingerprint density at radius 2 is 2.44 bits per heavy atom. The Labute approximate surface area is 94.1 Å². The Bertz CT molecular complexity index is 324. The molecule has 2 rings (SSSR count). The van der Waals surface area contributed by atoms with Crippen LogP contribution < -0.4 is 16.0 Å². The fourth-order valence-corrected chi connectivity index (χ4v) is 1.88. The van der Waals surface area contributed by atoms with E-state index in [1.807, 2.05) is 6.07 Å². The Balaban J connectivity index is 2.12. The van der Waals surface area contributed by atoms with E-state index in [0.717, 1.165) is 18.7 Å². The first-order chi connectivity index (χ1) is 7.85. The van der Waals surface area contributed by atoms with Crippen molar-refractivity contribution in [2.75, 3.05) is 20.3 Å². The summed E-state index contributed by atoms with van der Waals surface area (Å²) in [5, 5.41) is 8.02. The number of hydrogen-bond donors (Lipinski definition) is 2. The zero-order valence-corrected chi connectivity index (χ0v) is 9.22. The molecule has 0 aromatic carbocycles. The number of ether oxygens (including phenoxy) is 2. The van der Waals surface area contributed by atoms with Crippen LogP contribution in [0.5, 0.6) is 5.88 Å². The first-order valence-corrected chi connectivity index (χ1v) is 5.26. The molecule has 6 nitrogen and oxygen atoms in total. The molecule has 6 heteroatoms. The van der Waals surface area contributed by atoms with Crippen molar-refractivity contribution in [1.82, 2.24) is 15.6 Å². The van der Waals surface area contributed by atoms with Crippen molar-refractivity contribution in [3.63, 3.8) is 0 Å². The number of nitrogens with zero attached hydrogens (tertiary/aromatic N) is 2. The van der Waals surface area contributed by atoms with Gasteiger partial charge in [0.15, 0.2) is 0 Å². The number of methoxy groups -OCH3 is 1. The number of hydrazine groups is 1. The van der Waals surface area contributed by atoms with E-state index >= 15 is 0 Å². The predicted octanol–water partition coefficient (Wildman–Crippen LogP) is 0.0261. The van der Waals surface area contributed by atoms with Crippen molar-refractivity contribution < 1.29 is 9.47 Å². The Morgan fingerprint density at radius 3 is 2.94 bits per heavy atom. The van der Waals surface area contributed by atoms with Crippen LogP contribution in [0.1, 0.15) is 18.2 Å². The lowest BCUT2D eigenvalue weighted by Crippen LogP contribution is -2.34. The highest BCUT2D eigenvalue weighted by Crippen LogP contribution is 2.26. The van der Waals surface area contributed by atoms with Gasteiger partial charge in [-0.2, -0.15) is 5.10 Å². The summed E-state index contributed by atoms with van der Waals surface area (Å²) in [6, 6.07) is 3.64. The summed E-state index contributed by atoms with van der Waals surface area (Å²) in [7, 11) is 1.56. The molecule has 88 valence electrons. The van der Waals surface area contributed by atoms with Gasteiger partial charge >= 0.3 is 0 Å². The monoisotopic (exact) mass is 224 g/mol. The minimum absolute atomic E-state index is 0.0130. The molecule has 1 aromatic rings. The highest BCUT2D eigenvalue weighted by molar-refractivity contribution is 5.14. The standard InChI is InChI=1S/C10H16N4O2/c1-15-9-3-2-8(13-14-9)10(12-11)7-4-5-16-6-7/h2-3,7,10,12H,4-6,11H2,1H3. The van der Waals surface area contributed by atoms with E-state index in [-0.39, 0.29) is 6.04 Å². The van der Waals surface area contributed by atoms with Crippen LogP contribution in [0.15, 0.2) is 12.1 Å². The van der Waals surface area contributed by atoms with Gasteiger partial charge in [-0.1, -0.05) is 0 Å². The quantitative estimate of drug-likeness (QED) is 0.554. The molecule has 1 aliphatic rings. The average molecular weight is 224 g/mol. The summed E-state index contributed by atoms with van der Waals surface area (Å²) in [5.41, 5.74) is 3.59. The lowest BCUT2D eigenvalue weighted by atomic mass is 9.97. The van der Waals surface area contributed by atoms with Crippen LogP contribution in [0.2, 0.25) is 0 Å². The van der Waals surface area contributed by atoms with E-state index in [9.17, 15) is 0 Å². The molecule has 0 bridgehead atoms. The topological polar surface area (TPSA) is 82.3 Å². The summed E-state index contributed by atoms with van der Waals surface area (Å²) in [6.07, 6.45) is 0.989. The van der Waals surface area contributed by atoms with Crippen molar-refractivity contribution in [3.8, 4) is 5.88 Å². The highest BCUT2D eigenvalue weighted by atomic mass is 16.5. The zero-order chi connectivity index (χ0) is 11.4.